The number of benzene rings is 1. The fourth-order valence-electron chi connectivity index (χ4n) is 2.06. The first-order chi connectivity index (χ1) is 9.15. The van der Waals surface area contributed by atoms with Crippen LogP contribution in [-0.4, -0.2) is 25.1 Å². The Morgan fingerprint density at radius 1 is 1.21 bits per heavy atom. The Labute approximate surface area is 120 Å². The molecular weight excluding hydrogens is 310 g/mol. The minimum Gasteiger partial charge on any atom is -0.356 e. The van der Waals surface area contributed by atoms with E-state index in [0.29, 0.717) is 13.0 Å². The lowest BCUT2D eigenvalue weighted by atomic mass is 10.2. The van der Waals surface area contributed by atoms with Gasteiger partial charge in [0.15, 0.2) is 6.29 Å². The molecule has 0 aliphatic rings. The second-order valence-corrected chi connectivity index (χ2v) is 5.13. The molecular formula is C14H16BrNO3. The molecule has 5 heteroatoms. The van der Waals surface area contributed by atoms with Crippen molar-refractivity contribution in [3.8, 4) is 0 Å². The molecule has 0 spiro atoms. The van der Waals surface area contributed by atoms with E-state index in [1.807, 2.05) is 24.3 Å². The smallest absolute Gasteiger partial charge is 0.251 e. The summed E-state index contributed by atoms with van der Waals surface area (Å²) in [6, 6.07) is 9.32. The van der Waals surface area contributed by atoms with Crippen molar-refractivity contribution in [1.29, 1.82) is 0 Å². The van der Waals surface area contributed by atoms with Crippen LogP contribution >= 0.6 is 15.9 Å². The van der Waals surface area contributed by atoms with Crippen LogP contribution in [0.25, 0.3) is 10.9 Å². The highest BCUT2D eigenvalue weighted by molar-refractivity contribution is 9.10. The molecule has 0 radical (unpaired) electrons. The normalized spacial score (nSPS) is 11.4. The minimum absolute atomic E-state index is 0.0171. The summed E-state index contributed by atoms with van der Waals surface area (Å²) < 4.78 is 13.0. The highest BCUT2D eigenvalue weighted by Crippen LogP contribution is 2.18. The number of hydrogen-bond donors (Lipinski definition) is 0. The Morgan fingerprint density at radius 3 is 2.58 bits per heavy atom. The number of methoxy groups -OCH3 is 2. The first-order valence-corrected chi connectivity index (χ1v) is 6.79. The molecule has 0 N–H and O–H groups in total. The molecule has 2 rings (SSSR count). The molecule has 0 amide bonds. The molecule has 0 saturated carbocycles. The number of halogens is 1. The van der Waals surface area contributed by atoms with Gasteiger partial charge in [0.2, 0.25) is 0 Å². The minimum atomic E-state index is -0.297. The van der Waals surface area contributed by atoms with Crippen molar-refractivity contribution in [3.05, 3.63) is 45.2 Å². The topological polar surface area (TPSA) is 40.5 Å². The molecule has 19 heavy (non-hydrogen) atoms. The summed E-state index contributed by atoms with van der Waals surface area (Å²) in [5.74, 6) is 0. The first-order valence-electron chi connectivity index (χ1n) is 6.00. The van der Waals surface area contributed by atoms with Crippen molar-refractivity contribution in [3.63, 3.8) is 0 Å². The van der Waals surface area contributed by atoms with Crippen LogP contribution in [-0.2, 0) is 16.0 Å². The van der Waals surface area contributed by atoms with Crippen LogP contribution in [0.5, 0.6) is 0 Å². The van der Waals surface area contributed by atoms with Crippen molar-refractivity contribution in [2.24, 2.45) is 0 Å². The van der Waals surface area contributed by atoms with Crippen molar-refractivity contribution in [2.45, 2.75) is 19.3 Å². The lowest BCUT2D eigenvalue weighted by Gasteiger charge is -2.15. The molecule has 4 nitrogen and oxygen atoms in total. The predicted molar refractivity (Wildman–Crippen MR) is 78.3 cm³/mol. The second kappa shape index (κ2) is 6.32. The zero-order valence-electron chi connectivity index (χ0n) is 10.9. The number of ether oxygens (including phenoxy) is 2. The van der Waals surface area contributed by atoms with Crippen molar-refractivity contribution < 1.29 is 9.47 Å². The van der Waals surface area contributed by atoms with Gasteiger partial charge < -0.3 is 14.0 Å². The number of aryl methyl sites for hydroxylation is 1. The molecule has 0 saturated heterocycles. The van der Waals surface area contributed by atoms with Crippen LogP contribution < -0.4 is 5.56 Å². The van der Waals surface area contributed by atoms with Crippen LogP contribution in [0.3, 0.4) is 0 Å². The molecule has 1 heterocycles. The van der Waals surface area contributed by atoms with E-state index in [-0.39, 0.29) is 11.8 Å². The maximum atomic E-state index is 12.0. The average molecular weight is 326 g/mol. The summed E-state index contributed by atoms with van der Waals surface area (Å²) in [6.45, 7) is 0.555. The monoisotopic (exact) mass is 325 g/mol. The van der Waals surface area contributed by atoms with Crippen LogP contribution in [0.1, 0.15) is 6.42 Å². The van der Waals surface area contributed by atoms with Gasteiger partial charge in [-0.3, -0.25) is 4.79 Å². The Kier molecular flexibility index (Phi) is 4.74. The summed E-state index contributed by atoms with van der Waals surface area (Å²) in [5.41, 5.74) is 0.893. The van der Waals surface area contributed by atoms with E-state index < -0.39 is 0 Å². The molecule has 1 aromatic carbocycles. The van der Waals surface area contributed by atoms with Gasteiger partial charge in [-0.25, -0.2) is 0 Å². The quantitative estimate of drug-likeness (QED) is 0.794. The first kappa shape index (κ1) is 14.2. The third-order valence-corrected chi connectivity index (χ3v) is 3.56. The van der Waals surface area contributed by atoms with Crippen LogP contribution in [0.15, 0.2) is 39.6 Å². The van der Waals surface area contributed by atoms with E-state index in [1.54, 1.807) is 24.9 Å². The number of aromatic nitrogens is 1. The number of pyridine rings is 1. The molecule has 0 bridgehead atoms. The summed E-state index contributed by atoms with van der Waals surface area (Å²) in [4.78, 5) is 12.0. The van der Waals surface area contributed by atoms with Gasteiger partial charge in [-0.2, -0.15) is 0 Å². The van der Waals surface area contributed by atoms with E-state index >= 15 is 0 Å². The summed E-state index contributed by atoms with van der Waals surface area (Å²) >= 11 is 3.43. The molecule has 0 aliphatic heterocycles. The molecule has 0 fully saturated rings. The Hall–Kier alpha value is -1.17. The van der Waals surface area contributed by atoms with Gasteiger partial charge in [0.25, 0.3) is 5.56 Å². The Bertz CT molecular complexity index is 620. The molecule has 1 aromatic heterocycles. The Morgan fingerprint density at radius 2 is 1.89 bits per heavy atom. The van der Waals surface area contributed by atoms with E-state index in [2.05, 4.69) is 15.9 Å². The zero-order chi connectivity index (χ0) is 13.8. The lowest BCUT2D eigenvalue weighted by molar-refractivity contribution is -0.107. The van der Waals surface area contributed by atoms with E-state index in [4.69, 9.17) is 9.47 Å². The van der Waals surface area contributed by atoms with Crippen LogP contribution in [0.4, 0.5) is 0 Å². The van der Waals surface area contributed by atoms with Gasteiger partial charge in [0, 0.05) is 37.7 Å². The molecule has 0 aliphatic carbocycles. The lowest BCUT2D eigenvalue weighted by Crippen LogP contribution is -2.23. The van der Waals surface area contributed by atoms with Crippen LogP contribution in [0, 0.1) is 0 Å². The number of nitrogens with zero attached hydrogens (tertiary/aromatic N) is 1. The van der Waals surface area contributed by atoms with Crippen molar-refractivity contribution in [1.82, 2.24) is 4.57 Å². The van der Waals surface area contributed by atoms with Gasteiger partial charge in [-0.1, -0.05) is 22.0 Å². The highest BCUT2D eigenvalue weighted by atomic mass is 79.9. The van der Waals surface area contributed by atoms with E-state index in [1.165, 1.54) is 0 Å². The average Bonchev–Trinajstić information content (AvgIpc) is 2.42. The molecule has 0 unspecified atom stereocenters. The maximum Gasteiger partial charge on any atom is 0.251 e. The van der Waals surface area contributed by atoms with Gasteiger partial charge in [-0.15, -0.1) is 0 Å². The molecule has 2 aromatic rings. The number of rotatable bonds is 5. The van der Waals surface area contributed by atoms with E-state index in [0.717, 1.165) is 15.4 Å². The molecule has 0 atom stereocenters. The van der Waals surface area contributed by atoms with Crippen LogP contribution in [0.2, 0.25) is 0 Å². The zero-order valence-corrected chi connectivity index (χ0v) is 12.5. The predicted octanol–water partition coefficient (Wildman–Crippen LogP) is 2.77. The van der Waals surface area contributed by atoms with Gasteiger partial charge in [-0.05, 0) is 23.6 Å². The van der Waals surface area contributed by atoms with Crippen molar-refractivity contribution in [2.75, 3.05) is 14.2 Å². The third-order valence-electron chi connectivity index (χ3n) is 3.07. The summed E-state index contributed by atoms with van der Waals surface area (Å²) in [6.07, 6.45) is 0.327. The maximum absolute atomic E-state index is 12.0. The largest absolute Gasteiger partial charge is 0.356 e. The van der Waals surface area contributed by atoms with Crippen molar-refractivity contribution >= 4 is 26.8 Å². The summed E-state index contributed by atoms with van der Waals surface area (Å²) in [7, 11) is 3.19. The number of hydrogen-bond acceptors (Lipinski definition) is 3. The second-order valence-electron chi connectivity index (χ2n) is 4.22. The summed E-state index contributed by atoms with van der Waals surface area (Å²) in [5, 5.41) is 1.04. The van der Waals surface area contributed by atoms with Gasteiger partial charge >= 0.3 is 0 Å². The molecule has 102 valence electrons. The SMILES string of the molecule is COC(CCn1c(=O)ccc2ccc(Br)cc21)OC. The van der Waals surface area contributed by atoms with E-state index in [9.17, 15) is 4.79 Å². The van der Waals surface area contributed by atoms with Gasteiger partial charge in [0.05, 0.1) is 5.52 Å². The third kappa shape index (κ3) is 3.23. The van der Waals surface area contributed by atoms with Gasteiger partial charge in [0.1, 0.15) is 0 Å². The standard InChI is InChI=1S/C14H16BrNO3/c1-18-14(19-2)7-8-16-12-9-11(15)5-3-10(12)4-6-13(16)17/h3-6,9,14H,7-8H2,1-2H3. The number of fused-ring (bicyclic) bond motifs is 1. The highest BCUT2D eigenvalue weighted by Gasteiger charge is 2.08. The fourth-order valence-corrected chi connectivity index (χ4v) is 2.41. The Balaban J connectivity index is 2.38. The fraction of sp³-hybridized carbons (Fsp3) is 0.357.